The van der Waals surface area contributed by atoms with E-state index in [-0.39, 0.29) is 18.0 Å². The van der Waals surface area contributed by atoms with Crippen molar-refractivity contribution in [2.75, 3.05) is 7.05 Å². The minimum absolute atomic E-state index is 0.199. The number of alkyl halides is 3. The minimum atomic E-state index is -4.34. The van der Waals surface area contributed by atoms with Gasteiger partial charge in [-0.1, -0.05) is 12.1 Å². The molecule has 1 rings (SSSR count). The van der Waals surface area contributed by atoms with Crippen LogP contribution < -0.4 is 10.6 Å². The van der Waals surface area contributed by atoms with Crippen molar-refractivity contribution in [3.05, 3.63) is 35.4 Å². The van der Waals surface area contributed by atoms with Crippen LogP contribution in [0.4, 0.5) is 13.2 Å². The maximum atomic E-state index is 12.4. The van der Waals surface area contributed by atoms with Gasteiger partial charge in [-0.3, -0.25) is 4.79 Å². The van der Waals surface area contributed by atoms with Crippen LogP contribution in [0, 0.1) is 0 Å². The van der Waals surface area contributed by atoms with E-state index in [9.17, 15) is 18.0 Å². The van der Waals surface area contributed by atoms with Gasteiger partial charge in [0.15, 0.2) is 0 Å². The summed E-state index contributed by atoms with van der Waals surface area (Å²) in [6.45, 7) is 3.43. The number of hydrogen-bond donors (Lipinski definition) is 2. The fourth-order valence-electron chi connectivity index (χ4n) is 1.51. The van der Waals surface area contributed by atoms with Crippen molar-refractivity contribution in [2.45, 2.75) is 32.1 Å². The van der Waals surface area contributed by atoms with Crippen molar-refractivity contribution in [1.29, 1.82) is 0 Å². The Bertz CT molecular complexity index is 429. The number of benzene rings is 1. The predicted octanol–water partition coefficient (Wildman–Crippen LogP) is 2.49. The molecule has 3 nitrogen and oxygen atoms in total. The summed E-state index contributed by atoms with van der Waals surface area (Å²) in [5.74, 6) is -0.199. The van der Waals surface area contributed by atoms with Crippen LogP contribution in [0.2, 0.25) is 0 Å². The zero-order chi connectivity index (χ0) is 14.6. The van der Waals surface area contributed by atoms with E-state index in [2.05, 4.69) is 10.6 Å². The number of rotatable bonds is 4. The van der Waals surface area contributed by atoms with Gasteiger partial charge in [0.2, 0.25) is 5.91 Å². The molecule has 0 aliphatic heterocycles. The first-order valence-electron chi connectivity index (χ1n) is 5.90. The Morgan fingerprint density at radius 2 is 1.68 bits per heavy atom. The van der Waals surface area contributed by atoms with Crippen LogP contribution in [0.15, 0.2) is 24.3 Å². The SMILES string of the molecule is CNC(C)C(=O)NC(C)c1ccc(C(F)(F)F)cc1. The molecular weight excluding hydrogens is 257 g/mol. The van der Waals surface area contributed by atoms with Crippen molar-refractivity contribution in [2.24, 2.45) is 0 Å². The lowest BCUT2D eigenvalue weighted by molar-refractivity contribution is -0.137. The molecule has 2 unspecified atom stereocenters. The Morgan fingerprint density at radius 1 is 1.16 bits per heavy atom. The molecule has 2 N–H and O–H groups in total. The van der Waals surface area contributed by atoms with Crippen molar-refractivity contribution >= 4 is 5.91 Å². The van der Waals surface area contributed by atoms with Crippen LogP contribution in [0.3, 0.4) is 0 Å². The van der Waals surface area contributed by atoms with Crippen LogP contribution in [0.5, 0.6) is 0 Å². The molecule has 2 atom stereocenters. The van der Waals surface area contributed by atoms with Crippen LogP contribution in [0.25, 0.3) is 0 Å². The van der Waals surface area contributed by atoms with E-state index >= 15 is 0 Å². The first-order chi connectivity index (χ1) is 8.75. The molecule has 0 heterocycles. The lowest BCUT2D eigenvalue weighted by atomic mass is 10.1. The zero-order valence-corrected chi connectivity index (χ0v) is 11.0. The first kappa shape index (κ1) is 15.5. The molecule has 0 radical (unpaired) electrons. The van der Waals surface area contributed by atoms with Crippen LogP contribution in [-0.4, -0.2) is 19.0 Å². The maximum Gasteiger partial charge on any atom is 0.416 e. The van der Waals surface area contributed by atoms with Crippen LogP contribution >= 0.6 is 0 Å². The second-order valence-electron chi connectivity index (χ2n) is 4.36. The van der Waals surface area contributed by atoms with E-state index in [4.69, 9.17) is 0 Å². The van der Waals surface area contributed by atoms with Crippen LogP contribution in [-0.2, 0) is 11.0 Å². The maximum absolute atomic E-state index is 12.4. The van der Waals surface area contributed by atoms with Gasteiger partial charge in [0.1, 0.15) is 0 Å². The van der Waals surface area contributed by atoms with E-state index in [0.717, 1.165) is 12.1 Å². The predicted molar refractivity (Wildman–Crippen MR) is 66.5 cm³/mol. The number of nitrogens with one attached hydrogen (secondary N) is 2. The number of halogens is 3. The number of amides is 1. The zero-order valence-electron chi connectivity index (χ0n) is 11.0. The largest absolute Gasteiger partial charge is 0.416 e. The van der Waals surface area contributed by atoms with E-state index in [1.165, 1.54) is 12.1 Å². The lowest BCUT2D eigenvalue weighted by Gasteiger charge is -2.18. The molecule has 0 fully saturated rings. The summed E-state index contributed by atoms with van der Waals surface area (Å²) in [5, 5.41) is 5.51. The van der Waals surface area contributed by atoms with Crippen molar-refractivity contribution < 1.29 is 18.0 Å². The third-order valence-electron chi connectivity index (χ3n) is 2.92. The molecule has 6 heteroatoms. The van der Waals surface area contributed by atoms with Gasteiger partial charge in [-0.2, -0.15) is 13.2 Å². The minimum Gasteiger partial charge on any atom is -0.348 e. The van der Waals surface area contributed by atoms with Gasteiger partial charge in [-0.05, 0) is 38.6 Å². The Balaban J connectivity index is 2.73. The van der Waals surface area contributed by atoms with Gasteiger partial charge in [0, 0.05) is 0 Å². The summed E-state index contributed by atoms with van der Waals surface area (Å²) in [5.41, 5.74) is -0.0666. The van der Waals surface area contributed by atoms with Crippen molar-refractivity contribution in [3.8, 4) is 0 Å². The molecule has 0 saturated carbocycles. The van der Waals surface area contributed by atoms with Gasteiger partial charge in [0.25, 0.3) is 0 Å². The molecule has 0 bridgehead atoms. The smallest absolute Gasteiger partial charge is 0.348 e. The molecular formula is C13H17F3N2O. The van der Waals surface area contributed by atoms with E-state index in [1.807, 2.05) is 0 Å². The number of hydrogen-bond acceptors (Lipinski definition) is 2. The second-order valence-corrected chi connectivity index (χ2v) is 4.36. The first-order valence-corrected chi connectivity index (χ1v) is 5.90. The summed E-state index contributed by atoms with van der Waals surface area (Å²) in [6.07, 6.45) is -4.34. The second kappa shape index (κ2) is 6.06. The van der Waals surface area contributed by atoms with Gasteiger partial charge in [-0.15, -0.1) is 0 Å². The summed E-state index contributed by atoms with van der Waals surface area (Å²) in [6, 6.07) is 4.08. The summed E-state index contributed by atoms with van der Waals surface area (Å²) < 4.78 is 37.2. The highest BCUT2D eigenvalue weighted by Gasteiger charge is 2.30. The molecule has 0 spiro atoms. The standard InChI is InChI=1S/C13H17F3N2O/c1-8(18-12(19)9(2)17-3)10-4-6-11(7-5-10)13(14,15)16/h4-9,17H,1-3H3,(H,18,19). The number of likely N-dealkylation sites (N-methyl/N-ethyl adjacent to an activating group) is 1. The average molecular weight is 274 g/mol. The molecule has 1 amide bonds. The Morgan fingerprint density at radius 3 is 2.11 bits per heavy atom. The monoisotopic (exact) mass is 274 g/mol. The lowest BCUT2D eigenvalue weighted by Crippen LogP contribution is -2.41. The van der Waals surface area contributed by atoms with Gasteiger partial charge < -0.3 is 10.6 Å². The highest BCUT2D eigenvalue weighted by Crippen LogP contribution is 2.29. The summed E-state index contributed by atoms with van der Waals surface area (Å²) in [4.78, 5) is 11.6. The summed E-state index contributed by atoms with van der Waals surface area (Å²) in [7, 11) is 1.66. The molecule has 19 heavy (non-hydrogen) atoms. The molecule has 0 aliphatic rings. The third-order valence-corrected chi connectivity index (χ3v) is 2.92. The van der Waals surface area contributed by atoms with Gasteiger partial charge >= 0.3 is 6.18 Å². The Kier molecular flexibility index (Phi) is 4.94. The Labute approximate surface area is 110 Å². The molecule has 1 aromatic carbocycles. The molecule has 0 aromatic heterocycles. The fourth-order valence-corrected chi connectivity index (χ4v) is 1.51. The van der Waals surface area contributed by atoms with E-state index < -0.39 is 11.7 Å². The van der Waals surface area contributed by atoms with E-state index in [1.54, 1.807) is 20.9 Å². The highest BCUT2D eigenvalue weighted by molar-refractivity contribution is 5.81. The Hall–Kier alpha value is -1.56. The third kappa shape index (κ3) is 4.24. The van der Waals surface area contributed by atoms with Gasteiger partial charge in [-0.25, -0.2) is 0 Å². The molecule has 0 aliphatic carbocycles. The fraction of sp³-hybridized carbons (Fsp3) is 0.462. The van der Waals surface area contributed by atoms with Crippen molar-refractivity contribution in [1.82, 2.24) is 10.6 Å². The summed E-state index contributed by atoms with van der Waals surface area (Å²) >= 11 is 0. The highest BCUT2D eigenvalue weighted by atomic mass is 19.4. The molecule has 106 valence electrons. The molecule has 1 aromatic rings. The quantitative estimate of drug-likeness (QED) is 0.885. The number of carbonyl (C=O) groups excluding carboxylic acids is 1. The van der Waals surface area contributed by atoms with Crippen LogP contribution in [0.1, 0.15) is 31.0 Å². The normalized spacial score (nSPS) is 14.8. The topological polar surface area (TPSA) is 41.1 Å². The molecule has 0 saturated heterocycles. The van der Waals surface area contributed by atoms with E-state index in [0.29, 0.717) is 5.56 Å². The van der Waals surface area contributed by atoms with Crippen molar-refractivity contribution in [3.63, 3.8) is 0 Å². The number of carbonyl (C=O) groups is 1. The average Bonchev–Trinajstić information content (AvgIpc) is 2.36. The van der Waals surface area contributed by atoms with Gasteiger partial charge in [0.05, 0.1) is 17.6 Å².